The smallest absolute Gasteiger partial charge is 0.375 e. The Hall–Kier alpha value is -1.52. The topological polar surface area (TPSA) is 58.6 Å². The summed E-state index contributed by atoms with van der Waals surface area (Å²) < 4.78 is 76.9. The third-order valence-corrected chi connectivity index (χ3v) is 2.45. The van der Waals surface area contributed by atoms with E-state index in [-0.39, 0.29) is 13.1 Å². The minimum Gasteiger partial charge on any atom is -0.375 e. The number of alkyl halides is 6. The number of esters is 1. The van der Waals surface area contributed by atoms with Gasteiger partial charge in [-0.25, -0.2) is 4.79 Å². The lowest BCUT2D eigenvalue weighted by atomic mass is 10.1. The van der Waals surface area contributed by atoms with E-state index < -0.39 is 30.3 Å². The van der Waals surface area contributed by atoms with Crippen LogP contribution < -0.4 is 5.32 Å². The van der Waals surface area contributed by atoms with Crippen LogP contribution in [0.5, 0.6) is 0 Å². The van der Waals surface area contributed by atoms with Crippen LogP contribution in [0.3, 0.4) is 0 Å². The molecule has 5 nitrogen and oxygen atoms in total. The van der Waals surface area contributed by atoms with Gasteiger partial charge in [-0.05, 0) is 0 Å². The standard InChI is InChI=1S/C9H10F6N2O3/c10-8(11,12)5(9(13,14)15)6(18)20-7(19)17-3-1-16-2-4-17/h5,16H,1-4H2. The van der Waals surface area contributed by atoms with Crippen molar-refractivity contribution in [3.05, 3.63) is 0 Å². The Balaban J connectivity index is 2.74. The Morgan fingerprint density at radius 1 is 1.00 bits per heavy atom. The van der Waals surface area contributed by atoms with Crippen molar-refractivity contribution >= 4 is 12.1 Å². The van der Waals surface area contributed by atoms with E-state index in [1.54, 1.807) is 0 Å². The van der Waals surface area contributed by atoms with Crippen molar-refractivity contribution < 1.29 is 40.7 Å². The van der Waals surface area contributed by atoms with Crippen molar-refractivity contribution in [1.82, 2.24) is 10.2 Å². The Morgan fingerprint density at radius 3 is 1.85 bits per heavy atom. The first-order chi connectivity index (χ1) is 9.03. The van der Waals surface area contributed by atoms with Crippen molar-refractivity contribution in [3.63, 3.8) is 0 Å². The van der Waals surface area contributed by atoms with E-state index in [4.69, 9.17) is 0 Å². The van der Waals surface area contributed by atoms with Gasteiger partial charge in [-0.15, -0.1) is 0 Å². The number of hydrogen-bond donors (Lipinski definition) is 1. The zero-order chi connectivity index (χ0) is 15.6. The fourth-order valence-electron chi connectivity index (χ4n) is 1.51. The van der Waals surface area contributed by atoms with Gasteiger partial charge in [0.15, 0.2) is 0 Å². The number of halogens is 6. The van der Waals surface area contributed by atoms with Crippen molar-refractivity contribution in [3.8, 4) is 0 Å². The van der Waals surface area contributed by atoms with Crippen LogP contribution >= 0.6 is 0 Å². The van der Waals surface area contributed by atoms with Crippen molar-refractivity contribution in [2.75, 3.05) is 26.2 Å². The van der Waals surface area contributed by atoms with Gasteiger partial charge in [0.2, 0.25) is 5.92 Å². The van der Waals surface area contributed by atoms with Crippen LogP contribution in [0.4, 0.5) is 31.1 Å². The number of carbonyl (C=O) groups is 2. The average Bonchev–Trinajstić information content (AvgIpc) is 2.25. The molecule has 0 bridgehead atoms. The molecule has 1 amide bonds. The van der Waals surface area contributed by atoms with Gasteiger partial charge < -0.3 is 15.0 Å². The maximum Gasteiger partial charge on any atom is 0.417 e. The Kier molecular flexibility index (Phi) is 4.84. The molecule has 1 saturated heterocycles. The van der Waals surface area contributed by atoms with Gasteiger partial charge in [0.05, 0.1) is 0 Å². The lowest BCUT2D eigenvalue weighted by molar-refractivity contribution is -0.280. The molecule has 0 saturated carbocycles. The fraction of sp³-hybridized carbons (Fsp3) is 0.778. The summed E-state index contributed by atoms with van der Waals surface area (Å²) >= 11 is 0. The van der Waals surface area contributed by atoms with Crippen LogP contribution in [-0.4, -0.2) is 55.5 Å². The van der Waals surface area contributed by atoms with Crippen molar-refractivity contribution in [1.29, 1.82) is 0 Å². The Bertz CT molecular complexity index is 361. The predicted octanol–water partition coefficient (Wildman–Crippen LogP) is 1.30. The highest BCUT2D eigenvalue weighted by atomic mass is 19.4. The second kappa shape index (κ2) is 5.85. The Morgan fingerprint density at radius 2 is 1.45 bits per heavy atom. The summed E-state index contributed by atoms with van der Waals surface area (Å²) in [6.07, 6.45) is -13.3. The van der Waals surface area contributed by atoms with Crippen LogP contribution in [0.25, 0.3) is 0 Å². The summed E-state index contributed by atoms with van der Waals surface area (Å²) in [7, 11) is 0. The highest BCUT2D eigenvalue weighted by Gasteiger charge is 2.62. The number of amides is 1. The largest absolute Gasteiger partial charge is 0.417 e. The van der Waals surface area contributed by atoms with Crippen molar-refractivity contribution in [2.45, 2.75) is 12.4 Å². The first-order valence-electron chi connectivity index (χ1n) is 5.38. The van der Waals surface area contributed by atoms with Crippen LogP contribution in [0.2, 0.25) is 0 Å². The van der Waals surface area contributed by atoms with Gasteiger partial charge in [-0.2, -0.15) is 26.3 Å². The number of nitrogens with zero attached hydrogens (tertiary/aromatic N) is 1. The molecule has 11 heteroatoms. The van der Waals surface area contributed by atoms with Gasteiger partial charge in [-0.1, -0.05) is 0 Å². The summed E-state index contributed by atoms with van der Waals surface area (Å²) in [5.41, 5.74) is 0. The second-order valence-electron chi connectivity index (χ2n) is 3.94. The molecule has 1 N–H and O–H groups in total. The minimum atomic E-state index is -5.88. The third kappa shape index (κ3) is 4.25. The fourth-order valence-corrected chi connectivity index (χ4v) is 1.51. The zero-order valence-corrected chi connectivity index (χ0v) is 9.85. The number of piperazine rings is 1. The molecule has 0 unspecified atom stereocenters. The second-order valence-corrected chi connectivity index (χ2v) is 3.94. The van der Waals surface area contributed by atoms with Gasteiger partial charge in [0.1, 0.15) is 0 Å². The highest BCUT2D eigenvalue weighted by Crippen LogP contribution is 2.40. The van der Waals surface area contributed by atoms with Crippen LogP contribution in [0.1, 0.15) is 0 Å². The lowest BCUT2D eigenvalue weighted by Gasteiger charge is -2.27. The van der Waals surface area contributed by atoms with E-state index in [0.717, 1.165) is 4.90 Å². The molecule has 1 heterocycles. The van der Waals surface area contributed by atoms with Gasteiger partial charge in [0.25, 0.3) is 0 Å². The molecule has 0 radical (unpaired) electrons. The van der Waals surface area contributed by atoms with E-state index in [1.807, 2.05) is 0 Å². The van der Waals surface area contributed by atoms with E-state index in [0.29, 0.717) is 13.1 Å². The SMILES string of the molecule is O=C(OC(=O)N1CCNCC1)C(C(F)(F)F)C(F)(F)F. The first kappa shape index (κ1) is 16.5. The Labute approximate surface area is 108 Å². The van der Waals surface area contributed by atoms with E-state index >= 15 is 0 Å². The van der Waals surface area contributed by atoms with E-state index in [2.05, 4.69) is 10.1 Å². The number of hydrogen-bond acceptors (Lipinski definition) is 4. The molecule has 0 aromatic carbocycles. The molecule has 1 rings (SSSR count). The molecule has 1 aliphatic rings. The molecule has 1 aliphatic heterocycles. The number of rotatable bonds is 1. The molecule has 116 valence electrons. The molecule has 0 aromatic heterocycles. The third-order valence-electron chi connectivity index (χ3n) is 2.45. The summed E-state index contributed by atoms with van der Waals surface area (Å²) in [5.74, 6) is -7.00. The predicted molar refractivity (Wildman–Crippen MR) is 51.5 cm³/mol. The van der Waals surface area contributed by atoms with Gasteiger partial charge in [-0.3, -0.25) is 4.79 Å². The quantitative estimate of drug-likeness (QED) is 0.451. The molecule has 0 aliphatic carbocycles. The monoisotopic (exact) mass is 308 g/mol. The number of ether oxygens (including phenoxy) is 1. The molecular formula is C9H10F6N2O3. The van der Waals surface area contributed by atoms with Crippen LogP contribution in [-0.2, 0) is 9.53 Å². The molecule has 0 atom stereocenters. The number of carbonyl (C=O) groups excluding carboxylic acids is 2. The maximum atomic E-state index is 12.2. The first-order valence-corrected chi connectivity index (χ1v) is 5.38. The molecule has 20 heavy (non-hydrogen) atoms. The van der Waals surface area contributed by atoms with E-state index in [9.17, 15) is 35.9 Å². The van der Waals surface area contributed by atoms with E-state index in [1.165, 1.54) is 0 Å². The maximum absolute atomic E-state index is 12.2. The molecule has 0 spiro atoms. The zero-order valence-electron chi connectivity index (χ0n) is 9.85. The molecule has 1 fully saturated rings. The lowest BCUT2D eigenvalue weighted by Crippen LogP contribution is -2.49. The minimum absolute atomic E-state index is 0.0226. The summed E-state index contributed by atoms with van der Waals surface area (Å²) in [6.45, 7) is 0.639. The summed E-state index contributed by atoms with van der Waals surface area (Å²) in [4.78, 5) is 23.1. The highest BCUT2D eigenvalue weighted by molar-refractivity contribution is 5.86. The van der Waals surface area contributed by atoms with Crippen LogP contribution in [0, 0.1) is 5.92 Å². The molecular weight excluding hydrogens is 298 g/mol. The van der Waals surface area contributed by atoms with Gasteiger partial charge >= 0.3 is 24.4 Å². The number of nitrogens with one attached hydrogen (secondary N) is 1. The van der Waals surface area contributed by atoms with Crippen molar-refractivity contribution in [2.24, 2.45) is 5.92 Å². The summed E-state index contributed by atoms with van der Waals surface area (Å²) in [5, 5.41) is 2.80. The normalized spacial score (nSPS) is 17.2. The summed E-state index contributed by atoms with van der Waals surface area (Å²) in [6, 6.07) is 0. The van der Waals surface area contributed by atoms with Crippen LogP contribution in [0.15, 0.2) is 0 Å². The molecule has 0 aromatic rings. The average molecular weight is 308 g/mol. The van der Waals surface area contributed by atoms with Gasteiger partial charge in [0, 0.05) is 26.2 Å².